The molecule has 0 radical (unpaired) electrons. The Morgan fingerprint density at radius 3 is 2.48 bits per heavy atom. The summed E-state index contributed by atoms with van der Waals surface area (Å²) in [6.45, 7) is 9.62. The van der Waals surface area contributed by atoms with Crippen molar-refractivity contribution in [2.45, 2.75) is 39.5 Å². The number of rotatable bonds is 8. The van der Waals surface area contributed by atoms with E-state index in [9.17, 15) is 0 Å². The highest BCUT2D eigenvalue weighted by Gasteiger charge is 2.34. The minimum absolute atomic E-state index is 0.559. The number of nitrogens with zero attached hydrogens (tertiary/aromatic N) is 1. The molecule has 0 spiro atoms. The summed E-state index contributed by atoms with van der Waals surface area (Å²) < 4.78 is 5.86. The molecule has 3 nitrogen and oxygen atoms in total. The second kappa shape index (κ2) is 7.81. The van der Waals surface area contributed by atoms with Gasteiger partial charge in [0.15, 0.2) is 0 Å². The molecule has 1 saturated heterocycles. The average Bonchev–Trinajstić information content (AvgIpc) is 2.94. The number of benzene rings is 1. The zero-order valence-electron chi connectivity index (χ0n) is 13.6. The molecule has 21 heavy (non-hydrogen) atoms. The van der Waals surface area contributed by atoms with Gasteiger partial charge in [0.2, 0.25) is 0 Å². The Morgan fingerprint density at radius 1 is 1.19 bits per heavy atom. The van der Waals surface area contributed by atoms with Crippen molar-refractivity contribution in [2.24, 2.45) is 11.1 Å². The maximum absolute atomic E-state index is 5.86. The first kappa shape index (κ1) is 16.3. The molecule has 0 aromatic heterocycles. The van der Waals surface area contributed by atoms with E-state index in [1.807, 2.05) is 0 Å². The molecule has 0 atom stereocenters. The van der Waals surface area contributed by atoms with Crippen molar-refractivity contribution in [1.82, 2.24) is 4.90 Å². The summed E-state index contributed by atoms with van der Waals surface area (Å²) in [5.74, 6) is 0.965. The smallest absolute Gasteiger partial charge is 0.119 e. The van der Waals surface area contributed by atoms with Crippen LogP contribution in [0.15, 0.2) is 24.3 Å². The van der Waals surface area contributed by atoms with E-state index in [2.05, 4.69) is 43.0 Å². The van der Waals surface area contributed by atoms with Crippen molar-refractivity contribution < 1.29 is 4.74 Å². The van der Waals surface area contributed by atoms with Crippen LogP contribution in [0.4, 0.5) is 0 Å². The third-order valence-corrected chi connectivity index (χ3v) is 5.05. The van der Waals surface area contributed by atoms with Gasteiger partial charge in [0.05, 0.1) is 0 Å². The molecule has 0 unspecified atom stereocenters. The van der Waals surface area contributed by atoms with E-state index in [0.29, 0.717) is 12.0 Å². The number of hydrogen-bond donors (Lipinski definition) is 1. The van der Waals surface area contributed by atoms with E-state index in [1.54, 1.807) is 0 Å². The summed E-state index contributed by atoms with van der Waals surface area (Å²) in [6.07, 6.45) is 4.87. The Labute approximate surface area is 129 Å². The van der Waals surface area contributed by atoms with Gasteiger partial charge in [0.1, 0.15) is 12.4 Å². The maximum atomic E-state index is 5.86. The molecule has 0 bridgehead atoms. The molecule has 118 valence electrons. The van der Waals surface area contributed by atoms with Gasteiger partial charge in [-0.3, -0.25) is 4.90 Å². The predicted molar refractivity (Wildman–Crippen MR) is 88.8 cm³/mol. The van der Waals surface area contributed by atoms with Crippen molar-refractivity contribution in [3.8, 4) is 5.75 Å². The Morgan fingerprint density at radius 2 is 1.90 bits per heavy atom. The van der Waals surface area contributed by atoms with E-state index >= 15 is 0 Å². The zero-order chi connectivity index (χ0) is 15.1. The van der Waals surface area contributed by atoms with Crippen LogP contribution in [0.1, 0.15) is 38.7 Å². The van der Waals surface area contributed by atoms with Gasteiger partial charge in [-0.05, 0) is 61.9 Å². The van der Waals surface area contributed by atoms with Crippen LogP contribution in [-0.4, -0.2) is 37.7 Å². The van der Waals surface area contributed by atoms with Gasteiger partial charge in [-0.15, -0.1) is 0 Å². The van der Waals surface area contributed by atoms with Crippen molar-refractivity contribution in [1.29, 1.82) is 0 Å². The Kier molecular flexibility index (Phi) is 6.07. The second-order valence-electron chi connectivity index (χ2n) is 6.26. The summed E-state index contributed by atoms with van der Waals surface area (Å²) in [5, 5.41) is 0. The summed E-state index contributed by atoms with van der Waals surface area (Å²) in [7, 11) is 0. The van der Waals surface area contributed by atoms with Gasteiger partial charge in [-0.2, -0.15) is 0 Å². The van der Waals surface area contributed by atoms with Crippen LogP contribution in [0.25, 0.3) is 0 Å². The van der Waals surface area contributed by atoms with Gasteiger partial charge in [-0.25, -0.2) is 0 Å². The van der Waals surface area contributed by atoms with Crippen LogP contribution in [0.5, 0.6) is 5.75 Å². The maximum Gasteiger partial charge on any atom is 0.119 e. The standard InChI is InChI=1S/C18H30N2O/c1-3-18(4-2)10-12-20(15-18)13-14-21-17-7-5-16(6-8-17)9-11-19/h5-8H,3-4,9-15,19H2,1-2H3. The molecule has 1 fully saturated rings. The number of likely N-dealkylation sites (tertiary alicyclic amines) is 1. The van der Waals surface area contributed by atoms with Crippen LogP contribution in [-0.2, 0) is 6.42 Å². The summed E-state index contributed by atoms with van der Waals surface area (Å²) >= 11 is 0. The lowest BCUT2D eigenvalue weighted by Crippen LogP contribution is -2.29. The number of hydrogen-bond acceptors (Lipinski definition) is 3. The van der Waals surface area contributed by atoms with E-state index in [-0.39, 0.29) is 0 Å². The highest BCUT2D eigenvalue weighted by atomic mass is 16.5. The summed E-state index contributed by atoms with van der Waals surface area (Å²) in [6, 6.07) is 8.32. The minimum atomic E-state index is 0.559. The SMILES string of the molecule is CCC1(CC)CCN(CCOc2ccc(CCN)cc2)C1. The van der Waals surface area contributed by atoms with Crippen molar-refractivity contribution in [3.05, 3.63) is 29.8 Å². The third-order valence-electron chi connectivity index (χ3n) is 5.05. The molecule has 2 N–H and O–H groups in total. The second-order valence-corrected chi connectivity index (χ2v) is 6.26. The molecule has 0 aliphatic carbocycles. The highest BCUT2D eigenvalue weighted by Crippen LogP contribution is 2.36. The summed E-state index contributed by atoms with van der Waals surface area (Å²) in [5.41, 5.74) is 7.39. The Hall–Kier alpha value is -1.06. The topological polar surface area (TPSA) is 38.5 Å². The molecule has 3 heteroatoms. The van der Waals surface area contributed by atoms with Gasteiger partial charge in [0.25, 0.3) is 0 Å². The fourth-order valence-corrected chi connectivity index (χ4v) is 3.26. The number of ether oxygens (including phenoxy) is 1. The normalized spacial score (nSPS) is 18.0. The lowest BCUT2D eigenvalue weighted by atomic mass is 9.82. The van der Waals surface area contributed by atoms with Crippen molar-refractivity contribution in [3.63, 3.8) is 0 Å². The molecular formula is C18H30N2O. The average molecular weight is 290 g/mol. The molecule has 1 aliphatic heterocycles. The highest BCUT2D eigenvalue weighted by molar-refractivity contribution is 5.27. The fourth-order valence-electron chi connectivity index (χ4n) is 3.26. The van der Waals surface area contributed by atoms with Crippen LogP contribution < -0.4 is 10.5 Å². The molecule has 1 aliphatic rings. The van der Waals surface area contributed by atoms with Gasteiger partial charge in [-0.1, -0.05) is 26.0 Å². The lowest BCUT2D eigenvalue weighted by molar-refractivity contribution is 0.204. The van der Waals surface area contributed by atoms with Crippen LogP contribution in [0.2, 0.25) is 0 Å². The fraction of sp³-hybridized carbons (Fsp3) is 0.667. The van der Waals surface area contributed by atoms with Crippen LogP contribution in [0, 0.1) is 5.41 Å². The molecule has 2 rings (SSSR count). The first-order chi connectivity index (χ1) is 10.2. The molecule has 0 amide bonds. The Balaban J connectivity index is 1.72. The molecule has 1 heterocycles. The van der Waals surface area contributed by atoms with E-state index in [4.69, 9.17) is 10.5 Å². The van der Waals surface area contributed by atoms with Crippen LogP contribution in [0.3, 0.4) is 0 Å². The predicted octanol–water partition coefficient (Wildman–Crippen LogP) is 3.08. The molecule has 1 aromatic rings. The first-order valence-corrected chi connectivity index (χ1v) is 8.35. The first-order valence-electron chi connectivity index (χ1n) is 8.35. The third kappa shape index (κ3) is 4.45. The minimum Gasteiger partial charge on any atom is -0.492 e. The lowest BCUT2D eigenvalue weighted by Gasteiger charge is -2.26. The van der Waals surface area contributed by atoms with E-state index in [0.717, 1.165) is 25.3 Å². The van der Waals surface area contributed by atoms with E-state index in [1.165, 1.54) is 37.9 Å². The molecular weight excluding hydrogens is 260 g/mol. The Bertz CT molecular complexity index is 412. The molecule has 0 saturated carbocycles. The molecule has 1 aromatic carbocycles. The van der Waals surface area contributed by atoms with Gasteiger partial charge in [0, 0.05) is 13.1 Å². The summed E-state index contributed by atoms with van der Waals surface area (Å²) in [4.78, 5) is 2.55. The zero-order valence-corrected chi connectivity index (χ0v) is 13.6. The largest absolute Gasteiger partial charge is 0.492 e. The van der Waals surface area contributed by atoms with Gasteiger partial charge < -0.3 is 10.5 Å². The number of nitrogens with two attached hydrogens (primary N) is 1. The van der Waals surface area contributed by atoms with Crippen LogP contribution >= 0.6 is 0 Å². The van der Waals surface area contributed by atoms with Gasteiger partial charge >= 0.3 is 0 Å². The van der Waals surface area contributed by atoms with E-state index < -0.39 is 0 Å². The van der Waals surface area contributed by atoms with Crippen molar-refractivity contribution >= 4 is 0 Å². The monoisotopic (exact) mass is 290 g/mol. The van der Waals surface area contributed by atoms with Crippen molar-refractivity contribution in [2.75, 3.05) is 32.8 Å². The quantitative estimate of drug-likeness (QED) is 0.799.